The zero-order valence-electron chi connectivity index (χ0n) is 11.7. The number of rotatable bonds is 11. The van der Waals surface area contributed by atoms with E-state index in [0.717, 1.165) is 5.56 Å². The van der Waals surface area contributed by atoms with Gasteiger partial charge in [-0.3, -0.25) is 5.84 Å². The molecule has 21 heavy (non-hydrogen) atoms. The lowest BCUT2D eigenvalue weighted by Gasteiger charge is -2.10. The van der Waals surface area contributed by atoms with Gasteiger partial charge in [0.05, 0.1) is 6.61 Å². The molecule has 0 bridgehead atoms. The van der Waals surface area contributed by atoms with E-state index in [4.69, 9.17) is 10.6 Å². The number of ether oxygens (including phenoxy) is 1. The van der Waals surface area contributed by atoms with Gasteiger partial charge in [0.1, 0.15) is 11.6 Å². The van der Waals surface area contributed by atoms with Crippen LogP contribution < -0.4 is 49.2 Å². The predicted octanol–water partition coefficient (Wildman–Crippen LogP) is -1.27. The number of hydrogen-bond donors (Lipinski definition) is 8. The third-order valence-electron chi connectivity index (χ3n) is 2.20. The highest BCUT2D eigenvalue weighted by Gasteiger charge is 2.01. The zero-order valence-corrected chi connectivity index (χ0v) is 11.7. The molecule has 9 nitrogen and oxygen atoms in total. The smallest absolute Gasteiger partial charge is 0.129 e. The molecule has 0 aliphatic carbocycles. The molecule has 1 rings (SSSR count). The van der Waals surface area contributed by atoms with Crippen LogP contribution in [0.15, 0.2) is 24.3 Å². The lowest BCUT2D eigenvalue weighted by Crippen LogP contribution is -2.62. The molecule has 0 saturated carbocycles. The van der Waals surface area contributed by atoms with Crippen LogP contribution in [0.3, 0.4) is 0 Å². The first kappa shape index (κ1) is 17.4. The summed E-state index contributed by atoms with van der Waals surface area (Å²) in [5, 5.41) is 0. The normalized spacial score (nSPS) is 11.2. The molecule has 0 amide bonds. The summed E-state index contributed by atoms with van der Waals surface area (Å²) in [5.41, 5.74) is 18.4. The maximum atomic E-state index is 13.1. The lowest BCUT2D eigenvalue weighted by molar-refractivity contribution is 0.278. The maximum absolute atomic E-state index is 13.1. The van der Waals surface area contributed by atoms with E-state index < -0.39 is 0 Å². The minimum atomic E-state index is -0.321. The summed E-state index contributed by atoms with van der Waals surface area (Å²) in [6, 6.07) is 4.42. The fourth-order valence-corrected chi connectivity index (χ4v) is 1.40. The Morgan fingerprint density at radius 1 is 1.19 bits per heavy atom. The van der Waals surface area contributed by atoms with Crippen molar-refractivity contribution in [2.24, 2.45) is 5.84 Å². The second-order valence-electron chi connectivity index (χ2n) is 3.67. The summed E-state index contributed by atoms with van der Waals surface area (Å²) in [7, 11) is 0. The van der Waals surface area contributed by atoms with Crippen LogP contribution in [-0.4, -0.2) is 13.2 Å². The first-order valence-corrected chi connectivity index (χ1v) is 6.30. The Balaban J connectivity index is 2.27. The zero-order chi connectivity index (χ0) is 15.3. The molecule has 10 heteroatoms. The van der Waals surface area contributed by atoms with Crippen LogP contribution in [0, 0.1) is 5.82 Å². The van der Waals surface area contributed by atoms with Crippen LogP contribution in [0.1, 0.15) is 12.5 Å². The average Bonchev–Trinajstić information content (AvgIpc) is 2.48. The van der Waals surface area contributed by atoms with Gasteiger partial charge in [-0.15, -0.1) is 0 Å². The highest BCUT2D eigenvalue weighted by molar-refractivity contribution is 5.57. The Labute approximate surface area is 122 Å². The van der Waals surface area contributed by atoms with Crippen molar-refractivity contribution in [3.8, 4) is 5.75 Å². The fraction of sp³-hybridized carbons (Fsp3) is 0.273. The first-order chi connectivity index (χ1) is 10.3. The largest absolute Gasteiger partial charge is 0.493 e. The van der Waals surface area contributed by atoms with Crippen molar-refractivity contribution in [1.82, 2.24) is 38.6 Å². The van der Waals surface area contributed by atoms with E-state index in [0.29, 0.717) is 18.9 Å². The monoisotopic (exact) mass is 300 g/mol. The molecule has 0 spiro atoms. The predicted molar refractivity (Wildman–Crippen MR) is 77.6 cm³/mol. The lowest BCUT2D eigenvalue weighted by atomic mass is 10.2. The van der Waals surface area contributed by atoms with Crippen LogP contribution in [0.25, 0.3) is 6.08 Å². The molecule has 0 aliphatic rings. The third kappa shape index (κ3) is 7.65. The highest BCUT2D eigenvalue weighted by atomic mass is 19.1. The van der Waals surface area contributed by atoms with Crippen molar-refractivity contribution in [3.63, 3.8) is 0 Å². The van der Waals surface area contributed by atoms with Crippen molar-refractivity contribution in [1.29, 1.82) is 0 Å². The third-order valence-corrected chi connectivity index (χ3v) is 2.20. The quantitative estimate of drug-likeness (QED) is 0.144. The van der Waals surface area contributed by atoms with Crippen molar-refractivity contribution in [2.75, 3.05) is 13.2 Å². The number of benzene rings is 1. The molecule has 0 heterocycles. The van der Waals surface area contributed by atoms with Gasteiger partial charge in [0.2, 0.25) is 0 Å². The van der Waals surface area contributed by atoms with Gasteiger partial charge in [0, 0.05) is 18.2 Å². The minimum Gasteiger partial charge on any atom is -0.493 e. The van der Waals surface area contributed by atoms with E-state index in [1.54, 1.807) is 6.07 Å². The van der Waals surface area contributed by atoms with Crippen molar-refractivity contribution in [2.45, 2.75) is 6.92 Å². The van der Waals surface area contributed by atoms with Crippen molar-refractivity contribution < 1.29 is 9.13 Å². The Bertz CT molecular complexity index is 431. The molecule has 0 saturated heterocycles. The van der Waals surface area contributed by atoms with Crippen LogP contribution in [0.5, 0.6) is 5.75 Å². The van der Waals surface area contributed by atoms with Gasteiger partial charge in [-0.1, -0.05) is 12.2 Å². The van der Waals surface area contributed by atoms with E-state index in [2.05, 4.69) is 38.6 Å². The van der Waals surface area contributed by atoms with Gasteiger partial charge < -0.3 is 4.74 Å². The standard InChI is InChI=1S/C11H21FN8O/c1-2-21-11-8-10(12)6-5-9(11)4-3-7-14-16-18-20-19-17-15-13/h3-6,8,14-20H,2,7,13H2,1H3/b4-3+. The van der Waals surface area contributed by atoms with Crippen molar-refractivity contribution >= 4 is 6.08 Å². The summed E-state index contributed by atoms with van der Waals surface area (Å²) in [4.78, 5) is 0. The second-order valence-corrected chi connectivity index (χ2v) is 3.67. The fourth-order valence-electron chi connectivity index (χ4n) is 1.40. The molecule has 0 atom stereocenters. The molecule has 1 aromatic carbocycles. The minimum absolute atomic E-state index is 0.321. The summed E-state index contributed by atoms with van der Waals surface area (Å²) >= 11 is 0. The van der Waals surface area contributed by atoms with E-state index in [-0.39, 0.29) is 5.82 Å². The molecule has 0 aromatic heterocycles. The maximum Gasteiger partial charge on any atom is 0.129 e. The number of hydrazine groups is 7. The molecular weight excluding hydrogens is 279 g/mol. The van der Waals surface area contributed by atoms with Gasteiger partial charge in [0.25, 0.3) is 0 Å². The highest BCUT2D eigenvalue weighted by Crippen LogP contribution is 2.21. The Morgan fingerprint density at radius 3 is 2.71 bits per heavy atom. The summed E-state index contributed by atoms with van der Waals surface area (Å²) in [5.74, 6) is 5.14. The molecule has 0 aliphatic heterocycles. The number of nitrogens with one attached hydrogen (secondary N) is 7. The second kappa shape index (κ2) is 11.1. The van der Waals surface area contributed by atoms with Gasteiger partial charge >= 0.3 is 0 Å². The molecule has 118 valence electrons. The number of hydrogen-bond acceptors (Lipinski definition) is 9. The molecule has 0 unspecified atom stereocenters. The Kier molecular flexibility index (Phi) is 9.19. The summed E-state index contributed by atoms with van der Waals surface area (Å²) in [6.45, 7) is 2.87. The summed E-state index contributed by atoms with van der Waals surface area (Å²) in [6.07, 6.45) is 3.70. The van der Waals surface area contributed by atoms with E-state index in [9.17, 15) is 4.39 Å². The number of nitrogens with two attached hydrogens (primary N) is 1. The van der Waals surface area contributed by atoms with Gasteiger partial charge in [0.15, 0.2) is 0 Å². The molecule has 0 radical (unpaired) electrons. The first-order valence-electron chi connectivity index (χ1n) is 6.30. The summed E-state index contributed by atoms with van der Waals surface area (Å²) < 4.78 is 18.5. The molecule has 9 N–H and O–H groups in total. The van der Waals surface area contributed by atoms with E-state index in [1.165, 1.54) is 12.1 Å². The molecular formula is C11H21FN8O. The topological polar surface area (TPSA) is 119 Å². The van der Waals surface area contributed by atoms with E-state index >= 15 is 0 Å². The number of halogens is 1. The van der Waals surface area contributed by atoms with Crippen LogP contribution in [0.4, 0.5) is 4.39 Å². The van der Waals surface area contributed by atoms with Gasteiger partial charge in [-0.05, 0) is 19.1 Å². The Morgan fingerprint density at radius 2 is 1.95 bits per heavy atom. The van der Waals surface area contributed by atoms with Crippen LogP contribution in [-0.2, 0) is 0 Å². The molecule has 0 fully saturated rings. The molecule has 1 aromatic rings. The Hall–Kier alpha value is -1.63. The van der Waals surface area contributed by atoms with E-state index in [1.807, 2.05) is 19.1 Å². The van der Waals surface area contributed by atoms with Crippen LogP contribution in [0.2, 0.25) is 0 Å². The van der Waals surface area contributed by atoms with Crippen LogP contribution >= 0.6 is 0 Å². The SMILES string of the molecule is CCOc1cc(F)ccc1/C=C/CNNNNNNNN. The average molecular weight is 300 g/mol. The van der Waals surface area contributed by atoms with Crippen molar-refractivity contribution in [3.05, 3.63) is 35.7 Å². The van der Waals surface area contributed by atoms with Gasteiger partial charge in [-0.2, -0.15) is 33.2 Å². The van der Waals surface area contributed by atoms with Gasteiger partial charge in [-0.25, -0.2) is 9.82 Å².